The number of rotatable bonds is 3. The van der Waals surface area contributed by atoms with Gasteiger partial charge in [0.2, 0.25) is 0 Å². The van der Waals surface area contributed by atoms with E-state index in [4.69, 9.17) is 11.1 Å². The molecule has 0 aliphatic heterocycles. The molecule has 2 rings (SSSR count). The molecule has 0 amide bonds. The number of aromatic nitrogens is 4. The van der Waals surface area contributed by atoms with Gasteiger partial charge in [0, 0.05) is 29.9 Å². The maximum atomic E-state index is 11.2. The van der Waals surface area contributed by atoms with Crippen molar-refractivity contribution in [1.29, 1.82) is 5.41 Å². The number of pyridine rings is 1. The second-order valence-corrected chi connectivity index (χ2v) is 4.60. The molecule has 98 valence electrons. The highest BCUT2D eigenvalue weighted by atomic mass is 32.2. The first-order valence-electron chi connectivity index (χ1n) is 5.12. The van der Waals surface area contributed by atoms with Crippen LogP contribution in [0.1, 0.15) is 5.56 Å². The number of aryl methyl sites for hydroxylation is 1. The lowest BCUT2D eigenvalue weighted by atomic mass is 10.2. The molecule has 2 aromatic rings. The van der Waals surface area contributed by atoms with Crippen molar-refractivity contribution in [2.45, 2.75) is 10.1 Å². The van der Waals surface area contributed by atoms with Crippen LogP contribution in [0.15, 0.2) is 38.1 Å². The topological polar surface area (TPSA) is 131 Å². The van der Waals surface area contributed by atoms with Crippen LogP contribution in [0.5, 0.6) is 0 Å². The molecule has 4 N–H and O–H groups in total. The predicted molar refractivity (Wildman–Crippen MR) is 69.5 cm³/mol. The minimum atomic E-state index is -0.867. The van der Waals surface area contributed by atoms with Gasteiger partial charge in [-0.25, -0.2) is 0 Å². The molecular weight excluding hydrogens is 268 g/mol. The molecule has 8 nitrogen and oxygen atoms in total. The molecule has 0 saturated carbocycles. The van der Waals surface area contributed by atoms with E-state index in [0.29, 0.717) is 10.5 Å². The van der Waals surface area contributed by atoms with Crippen molar-refractivity contribution in [3.8, 4) is 0 Å². The zero-order valence-electron chi connectivity index (χ0n) is 9.88. The van der Waals surface area contributed by atoms with Crippen LogP contribution in [0, 0.1) is 5.41 Å². The Morgan fingerprint density at radius 1 is 1.53 bits per heavy atom. The monoisotopic (exact) mass is 278 g/mol. The quantitative estimate of drug-likeness (QED) is 0.386. The maximum Gasteiger partial charge on any atom is 0.339 e. The molecule has 0 atom stereocenters. The van der Waals surface area contributed by atoms with Crippen LogP contribution in [0.25, 0.3) is 0 Å². The minimum absolute atomic E-state index is 0.112. The average Bonchev–Trinajstić information content (AvgIpc) is 2.36. The Labute approximate surface area is 111 Å². The van der Waals surface area contributed by atoms with E-state index in [9.17, 15) is 9.59 Å². The van der Waals surface area contributed by atoms with Crippen molar-refractivity contribution in [2.24, 2.45) is 12.8 Å². The normalized spacial score (nSPS) is 10.4. The summed E-state index contributed by atoms with van der Waals surface area (Å²) in [5.41, 5.74) is 4.29. The highest BCUT2D eigenvalue weighted by molar-refractivity contribution is 7.99. The molecule has 19 heavy (non-hydrogen) atoms. The summed E-state index contributed by atoms with van der Waals surface area (Å²) >= 11 is 1.09. The molecule has 0 fully saturated rings. The fourth-order valence-electron chi connectivity index (χ4n) is 1.33. The number of aromatic amines is 1. The van der Waals surface area contributed by atoms with Crippen molar-refractivity contribution >= 4 is 17.6 Å². The van der Waals surface area contributed by atoms with E-state index < -0.39 is 11.1 Å². The minimum Gasteiger partial charge on any atom is -0.384 e. The lowest BCUT2D eigenvalue weighted by Gasteiger charge is -2.08. The first kappa shape index (κ1) is 13.0. The summed E-state index contributed by atoms with van der Waals surface area (Å²) in [4.78, 5) is 30.5. The molecule has 0 radical (unpaired) electrons. The number of hydrogen-bond acceptors (Lipinski definition) is 6. The summed E-state index contributed by atoms with van der Waals surface area (Å²) in [5, 5.41) is 10.1. The van der Waals surface area contributed by atoms with E-state index in [2.05, 4.69) is 15.1 Å². The van der Waals surface area contributed by atoms with Crippen LogP contribution in [0.4, 0.5) is 0 Å². The van der Waals surface area contributed by atoms with Crippen molar-refractivity contribution in [1.82, 2.24) is 19.7 Å². The molecule has 0 aliphatic rings. The Morgan fingerprint density at radius 3 is 2.95 bits per heavy atom. The average molecular weight is 278 g/mol. The Kier molecular flexibility index (Phi) is 3.47. The van der Waals surface area contributed by atoms with Gasteiger partial charge in [-0.3, -0.25) is 29.8 Å². The van der Waals surface area contributed by atoms with Gasteiger partial charge in [0.15, 0.2) is 5.16 Å². The third-order valence-electron chi connectivity index (χ3n) is 2.22. The van der Waals surface area contributed by atoms with Crippen LogP contribution < -0.4 is 16.9 Å². The first-order valence-corrected chi connectivity index (χ1v) is 5.94. The number of nitrogens with two attached hydrogens (primary N) is 1. The van der Waals surface area contributed by atoms with E-state index >= 15 is 0 Å². The zero-order chi connectivity index (χ0) is 14.0. The van der Waals surface area contributed by atoms with Gasteiger partial charge in [-0.15, -0.1) is 0 Å². The van der Waals surface area contributed by atoms with Crippen molar-refractivity contribution in [2.75, 3.05) is 0 Å². The summed E-state index contributed by atoms with van der Waals surface area (Å²) in [6, 6.07) is 1.59. The molecule has 2 heterocycles. The van der Waals surface area contributed by atoms with Crippen LogP contribution >= 0.6 is 11.8 Å². The Bertz CT molecular complexity index is 750. The van der Waals surface area contributed by atoms with Gasteiger partial charge >= 0.3 is 11.1 Å². The van der Waals surface area contributed by atoms with E-state index in [1.165, 1.54) is 17.1 Å². The highest BCUT2D eigenvalue weighted by Gasteiger charge is 2.11. The molecule has 0 saturated heterocycles. The van der Waals surface area contributed by atoms with Gasteiger partial charge in [0.25, 0.3) is 0 Å². The third-order valence-corrected chi connectivity index (χ3v) is 3.32. The Balaban J connectivity index is 2.48. The molecule has 0 bridgehead atoms. The number of nitrogen functional groups attached to an aromatic ring is 1. The Morgan fingerprint density at radius 2 is 2.26 bits per heavy atom. The first-order chi connectivity index (χ1) is 8.99. The van der Waals surface area contributed by atoms with Gasteiger partial charge in [0.1, 0.15) is 5.84 Å². The zero-order valence-corrected chi connectivity index (χ0v) is 10.7. The standard InChI is InChI=1S/C10H10N6O2S/c1-16-10(14-8(17)9(18)15-16)19-6-4-13-3-2-5(6)7(11)12/h2-4H,1H3,(H3,11,12)(H,15,18). The molecule has 2 aromatic heterocycles. The summed E-state index contributed by atoms with van der Waals surface area (Å²) in [7, 11) is 1.56. The highest BCUT2D eigenvalue weighted by Crippen LogP contribution is 2.26. The van der Waals surface area contributed by atoms with Gasteiger partial charge in [0.05, 0.1) is 0 Å². The van der Waals surface area contributed by atoms with E-state index in [1.54, 1.807) is 13.1 Å². The number of amidine groups is 1. The van der Waals surface area contributed by atoms with Gasteiger partial charge < -0.3 is 5.73 Å². The van der Waals surface area contributed by atoms with E-state index in [1.807, 2.05) is 0 Å². The molecule has 0 unspecified atom stereocenters. The number of nitrogens with zero attached hydrogens (tertiary/aromatic N) is 3. The SMILES string of the molecule is Cn1[nH]c(=O)c(=O)nc1Sc1cnccc1C(=N)N. The van der Waals surface area contributed by atoms with Gasteiger partial charge in [-0.1, -0.05) is 0 Å². The molecule has 9 heteroatoms. The van der Waals surface area contributed by atoms with Gasteiger partial charge in [-0.05, 0) is 17.8 Å². The summed E-state index contributed by atoms with van der Waals surface area (Å²) in [6.45, 7) is 0. The summed E-state index contributed by atoms with van der Waals surface area (Å²) in [6.07, 6.45) is 3.03. The van der Waals surface area contributed by atoms with Crippen LogP contribution in [-0.4, -0.2) is 25.6 Å². The van der Waals surface area contributed by atoms with Crippen molar-refractivity contribution < 1.29 is 0 Å². The summed E-state index contributed by atoms with van der Waals surface area (Å²) < 4.78 is 1.32. The Hall–Kier alpha value is -2.42. The van der Waals surface area contributed by atoms with Crippen LogP contribution in [-0.2, 0) is 7.05 Å². The predicted octanol–water partition coefficient (Wildman–Crippen LogP) is -0.701. The van der Waals surface area contributed by atoms with Gasteiger partial charge in [-0.2, -0.15) is 4.98 Å². The number of H-pyrrole nitrogens is 1. The van der Waals surface area contributed by atoms with Crippen molar-refractivity contribution in [3.05, 3.63) is 44.7 Å². The lowest BCUT2D eigenvalue weighted by molar-refractivity contribution is 0.596. The number of hydrogen-bond donors (Lipinski definition) is 3. The molecule has 0 aromatic carbocycles. The number of nitrogens with one attached hydrogen (secondary N) is 2. The van der Waals surface area contributed by atoms with E-state index in [-0.39, 0.29) is 11.0 Å². The maximum absolute atomic E-state index is 11.2. The van der Waals surface area contributed by atoms with Crippen LogP contribution in [0.3, 0.4) is 0 Å². The van der Waals surface area contributed by atoms with E-state index in [0.717, 1.165) is 11.8 Å². The second kappa shape index (κ2) is 5.06. The smallest absolute Gasteiger partial charge is 0.339 e. The largest absolute Gasteiger partial charge is 0.384 e. The molecule has 0 spiro atoms. The fourth-order valence-corrected chi connectivity index (χ4v) is 2.24. The van der Waals surface area contributed by atoms with Crippen LogP contribution in [0.2, 0.25) is 0 Å². The second-order valence-electron chi connectivity index (χ2n) is 3.59. The van der Waals surface area contributed by atoms with Crippen molar-refractivity contribution in [3.63, 3.8) is 0 Å². The fraction of sp³-hybridized carbons (Fsp3) is 0.100. The lowest BCUT2D eigenvalue weighted by Crippen LogP contribution is -2.33. The molecular formula is C10H10N6O2S. The third kappa shape index (κ3) is 2.71. The summed E-state index contributed by atoms with van der Waals surface area (Å²) in [5.74, 6) is -0.112. The molecule has 0 aliphatic carbocycles.